The summed E-state index contributed by atoms with van der Waals surface area (Å²) >= 11 is 0. The minimum atomic E-state index is -0.611. The molecule has 2 aromatic heterocycles. The molecule has 7 nitrogen and oxygen atoms in total. The second-order valence-electron chi connectivity index (χ2n) is 9.43. The second kappa shape index (κ2) is 7.75. The summed E-state index contributed by atoms with van der Waals surface area (Å²) in [4.78, 5) is 26.8. The van der Waals surface area contributed by atoms with E-state index in [9.17, 15) is 14.7 Å². The van der Waals surface area contributed by atoms with Crippen molar-refractivity contribution in [1.29, 1.82) is 0 Å². The zero-order chi connectivity index (χ0) is 25.3. The van der Waals surface area contributed by atoms with Gasteiger partial charge in [-0.15, -0.1) is 0 Å². The van der Waals surface area contributed by atoms with Gasteiger partial charge in [-0.2, -0.15) is 0 Å². The number of phenolic OH excluding ortho intramolecular Hbond substituents is 1. The lowest BCUT2D eigenvalue weighted by Gasteiger charge is -2.30. The largest absolute Gasteiger partial charge is 0.508 e. The molecule has 0 bridgehead atoms. The number of aryl methyl sites for hydroxylation is 3. The number of fused-ring (bicyclic) bond motifs is 5. The van der Waals surface area contributed by atoms with Crippen LogP contribution in [0.1, 0.15) is 28.5 Å². The first-order chi connectivity index (χ1) is 17.3. The van der Waals surface area contributed by atoms with Gasteiger partial charge in [-0.3, -0.25) is 13.9 Å². The summed E-state index contributed by atoms with van der Waals surface area (Å²) in [5.41, 5.74) is 5.80. The molecule has 0 unspecified atom stereocenters. The monoisotopic (exact) mass is 479 g/mol. The highest BCUT2D eigenvalue weighted by Gasteiger charge is 2.36. The number of phenols is 1. The number of ether oxygens (including phenoxy) is 1. The lowest BCUT2D eigenvalue weighted by molar-refractivity contribution is 0.229. The Bertz CT molecular complexity index is 1790. The van der Waals surface area contributed by atoms with E-state index in [1.54, 1.807) is 31.3 Å². The number of hydrogen-bond acceptors (Lipinski definition) is 4. The summed E-state index contributed by atoms with van der Waals surface area (Å²) in [6.45, 7) is 4.03. The van der Waals surface area contributed by atoms with Crippen molar-refractivity contribution in [2.45, 2.75) is 20.0 Å². The van der Waals surface area contributed by atoms with Crippen LogP contribution in [-0.2, 0) is 14.1 Å². The molecule has 1 atom stereocenters. The number of hydrogen-bond donors (Lipinski definition) is 1. The average Bonchev–Trinajstić information content (AvgIpc) is 3.23. The zero-order valence-electron chi connectivity index (χ0n) is 20.4. The van der Waals surface area contributed by atoms with Crippen molar-refractivity contribution >= 4 is 10.9 Å². The van der Waals surface area contributed by atoms with E-state index < -0.39 is 11.8 Å². The molecule has 5 aromatic rings. The Hall–Kier alpha value is -4.52. The first kappa shape index (κ1) is 22.0. The highest BCUT2D eigenvalue weighted by molar-refractivity contribution is 5.98. The van der Waals surface area contributed by atoms with Gasteiger partial charge in [0.15, 0.2) is 6.10 Å². The fourth-order valence-electron chi connectivity index (χ4n) is 5.13. The molecular formula is C29H25N3O4. The van der Waals surface area contributed by atoms with Crippen LogP contribution in [0.5, 0.6) is 11.5 Å². The highest BCUT2D eigenvalue weighted by atomic mass is 16.5. The van der Waals surface area contributed by atoms with Crippen molar-refractivity contribution in [3.8, 4) is 28.4 Å². The van der Waals surface area contributed by atoms with Crippen LogP contribution in [0, 0.1) is 13.8 Å². The number of nitrogens with zero attached hydrogens (tertiary/aromatic N) is 3. The summed E-state index contributed by atoms with van der Waals surface area (Å²) in [6.07, 6.45) is -0.611. The van der Waals surface area contributed by atoms with Crippen LogP contribution in [0.4, 0.5) is 0 Å². The first-order valence-corrected chi connectivity index (χ1v) is 11.7. The van der Waals surface area contributed by atoms with Crippen LogP contribution in [0.2, 0.25) is 0 Å². The molecule has 3 heterocycles. The van der Waals surface area contributed by atoms with Crippen molar-refractivity contribution in [2.24, 2.45) is 14.1 Å². The van der Waals surface area contributed by atoms with Crippen molar-refractivity contribution in [2.75, 3.05) is 0 Å². The maximum absolute atomic E-state index is 13.7. The molecule has 1 N–H and O–H groups in total. The topological polar surface area (TPSA) is 78.4 Å². The molecule has 0 saturated carbocycles. The van der Waals surface area contributed by atoms with E-state index in [1.807, 2.05) is 56.3 Å². The van der Waals surface area contributed by atoms with Crippen LogP contribution in [0.25, 0.3) is 27.8 Å². The molecule has 3 aromatic carbocycles. The van der Waals surface area contributed by atoms with Crippen LogP contribution < -0.4 is 16.0 Å². The number of aromatic hydroxyl groups is 1. The molecule has 36 heavy (non-hydrogen) atoms. The van der Waals surface area contributed by atoms with Crippen LogP contribution in [0.15, 0.2) is 76.3 Å². The van der Waals surface area contributed by atoms with Crippen molar-refractivity contribution in [3.05, 3.63) is 110 Å². The summed E-state index contributed by atoms with van der Waals surface area (Å²) in [5, 5.41) is 10.4. The first-order valence-electron chi connectivity index (χ1n) is 11.7. The zero-order valence-corrected chi connectivity index (χ0v) is 20.4. The second-order valence-corrected chi connectivity index (χ2v) is 9.43. The van der Waals surface area contributed by atoms with Crippen LogP contribution in [-0.4, -0.2) is 18.8 Å². The van der Waals surface area contributed by atoms with E-state index in [0.29, 0.717) is 22.3 Å². The van der Waals surface area contributed by atoms with E-state index >= 15 is 0 Å². The van der Waals surface area contributed by atoms with Crippen LogP contribution >= 0.6 is 0 Å². The summed E-state index contributed by atoms with van der Waals surface area (Å²) < 4.78 is 11.3. The third kappa shape index (κ3) is 3.05. The molecule has 1 aliphatic heterocycles. The van der Waals surface area contributed by atoms with Crippen molar-refractivity contribution < 1.29 is 9.84 Å². The molecule has 0 aliphatic carbocycles. The predicted molar refractivity (Wildman–Crippen MR) is 139 cm³/mol. The van der Waals surface area contributed by atoms with E-state index in [2.05, 4.69) is 4.57 Å². The number of aromatic nitrogens is 3. The van der Waals surface area contributed by atoms with Gasteiger partial charge in [0.2, 0.25) is 0 Å². The highest BCUT2D eigenvalue weighted by Crippen LogP contribution is 2.47. The Labute approximate surface area is 207 Å². The Morgan fingerprint density at radius 2 is 1.50 bits per heavy atom. The average molecular weight is 480 g/mol. The fourth-order valence-corrected chi connectivity index (χ4v) is 5.13. The van der Waals surface area contributed by atoms with Gasteiger partial charge >= 0.3 is 5.69 Å². The SMILES string of the molecule is Cc1ccc(-c2c3c(=O)n(C)c(=O)n(C)c3c3n2-c2cc(C)ccc2O[C@@H]3c2ccc(O)cc2)cc1. The van der Waals surface area contributed by atoms with E-state index in [4.69, 9.17) is 4.74 Å². The Morgan fingerprint density at radius 3 is 2.19 bits per heavy atom. The minimum absolute atomic E-state index is 0.146. The lowest BCUT2D eigenvalue weighted by atomic mass is 10.0. The van der Waals surface area contributed by atoms with Crippen molar-refractivity contribution in [1.82, 2.24) is 13.7 Å². The molecule has 6 rings (SSSR count). The van der Waals surface area contributed by atoms with E-state index in [-0.39, 0.29) is 11.3 Å². The maximum atomic E-state index is 13.7. The van der Waals surface area contributed by atoms with Gasteiger partial charge in [0, 0.05) is 14.1 Å². The Morgan fingerprint density at radius 1 is 0.833 bits per heavy atom. The molecule has 0 amide bonds. The molecule has 0 fully saturated rings. The van der Waals surface area contributed by atoms with Gasteiger partial charge in [0.1, 0.15) is 11.5 Å². The molecule has 180 valence electrons. The molecule has 7 heteroatoms. The van der Waals surface area contributed by atoms with Crippen LogP contribution in [0.3, 0.4) is 0 Å². The Kier molecular flexibility index (Phi) is 4.73. The molecule has 1 aliphatic rings. The third-order valence-corrected chi connectivity index (χ3v) is 6.98. The molecule has 0 spiro atoms. The van der Waals surface area contributed by atoms with Gasteiger partial charge in [0.25, 0.3) is 5.56 Å². The Balaban J connectivity index is 1.86. The normalized spacial score (nSPS) is 14.4. The standard InChI is InChI=1S/C29H25N3O4/c1-16-5-8-18(9-6-16)24-23-25(30(3)29(35)31(4)28(23)34)26-27(19-10-12-20(33)13-11-19)36-22-14-7-17(2)15-21(22)32(24)26/h5-15,27,33H,1-4H3/t27-/m1/s1. The maximum Gasteiger partial charge on any atom is 0.331 e. The number of benzene rings is 3. The fraction of sp³-hybridized carbons (Fsp3) is 0.172. The predicted octanol–water partition coefficient (Wildman–Crippen LogP) is 4.50. The summed E-state index contributed by atoms with van der Waals surface area (Å²) in [6, 6.07) is 20.8. The van der Waals surface area contributed by atoms with Gasteiger partial charge < -0.3 is 14.4 Å². The van der Waals surface area contributed by atoms with Gasteiger partial charge in [-0.05, 0) is 54.8 Å². The molecule has 0 radical (unpaired) electrons. The quantitative estimate of drug-likeness (QED) is 0.404. The van der Waals surface area contributed by atoms with E-state index in [1.165, 1.54) is 11.6 Å². The lowest BCUT2D eigenvalue weighted by Crippen LogP contribution is -2.37. The van der Waals surface area contributed by atoms with E-state index in [0.717, 1.165) is 38.2 Å². The molecule has 0 saturated heterocycles. The smallest absolute Gasteiger partial charge is 0.331 e. The van der Waals surface area contributed by atoms with Crippen molar-refractivity contribution in [3.63, 3.8) is 0 Å². The number of rotatable bonds is 2. The summed E-state index contributed by atoms with van der Waals surface area (Å²) in [5.74, 6) is 0.814. The van der Waals surface area contributed by atoms with Gasteiger partial charge in [-0.25, -0.2) is 4.79 Å². The van der Waals surface area contributed by atoms with Gasteiger partial charge in [0.05, 0.1) is 28.0 Å². The third-order valence-electron chi connectivity index (χ3n) is 6.98. The molecular weight excluding hydrogens is 454 g/mol. The summed E-state index contributed by atoms with van der Waals surface area (Å²) in [7, 11) is 3.19. The van der Waals surface area contributed by atoms with Gasteiger partial charge in [-0.1, -0.05) is 48.0 Å². The minimum Gasteiger partial charge on any atom is -0.508 e.